The summed E-state index contributed by atoms with van der Waals surface area (Å²) in [6.07, 6.45) is 2.02. The maximum Gasteiger partial charge on any atom is 0.104 e. The first-order valence-electron chi connectivity index (χ1n) is 8.93. The van der Waals surface area contributed by atoms with Gasteiger partial charge in [0.1, 0.15) is 6.54 Å². The van der Waals surface area contributed by atoms with Crippen LogP contribution in [0.1, 0.15) is 16.0 Å². The Labute approximate surface area is 153 Å². The summed E-state index contributed by atoms with van der Waals surface area (Å²) in [6.45, 7) is 7.59. The molecule has 1 saturated heterocycles. The smallest absolute Gasteiger partial charge is 0.104 e. The standard InChI is InChI=1S/C21H23N3S/c1-17-9-14-25-21(17)15-22-24-12-10-23(11-13-24)16-19-7-4-6-18-5-2-3-8-20(18)19/h2-9,14-15H,10-13,16H2,1H3/p+1/b22-15-. The van der Waals surface area contributed by atoms with Crippen molar-refractivity contribution in [1.82, 2.24) is 5.01 Å². The highest BCUT2D eigenvalue weighted by atomic mass is 32.1. The fraction of sp³-hybridized carbons (Fsp3) is 0.286. The number of benzene rings is 2. The topological polar surface area (TPSA) is 20.0 Å². The molecule has 0 radical (unpaired) electrons. The number of rotatable bonds is 4. The molecule has 1 N–H and O–H groups in total. The van der Waals surface area contributed by atoms with Gasteiger partial charge in [-0.3, -0.25) is 5.01 Å². The van der Waals surface area contributed by atoms with E-state index < -0.39 is 0 Å². The van der Waals surface area contributed by atoms with Gasteiger partial charge in [-0.15, -0.1) is 11.3 Å². The largest absolute Gasteiger partial charge is 0.328 e. The number of nitrogens with one attached hydrogen (secondary N) is 1. The summed E-state index contributed by atoms with van der Waals surface area (Å²) in [7, 11) is 0. The second kappa shape index (κ2) is 7.38. The van der Waals surface area contributed by atoms with E-state index in [2.05, 4.69) is 70.9 Å². The number of thiophene rings is 1. The van der Waals surface area contributed by atoms with E-state index in [4.69, 9.17) is 0 Å². The molecule has 1 aliphatic heterocycles. The minimum Gasteiger partial charge on any atom is -0.328 e. The molecule has 0 unspecified atom stereocenters. The molecular formula is C21H24N3S+. The molecule has 4 heteroatoms. The van der Waals surface area contributed by atoms with Gasteiger partial charge in [-0.2, -0.15) is 5.10 Å². The minimum absolute atomic E-state index is 1.03. The molecule has 1 aliphatic rings. The summed E-state index contributed by atoms with van der Waals surface area (Å²) < 4.78 is 0. The number of hydrogen-bond acceptors (Lipinski definition) is 3. The Hall–Kier alpha value is -2.17. The summed E-state index contributed by atoms with van der Waals surface area (Å²) in [6, 6.07) is 17.5. The van der Waals surface area contributed by atoms with Gasteiger partial charge < -0.3 is 4.90 Å². The molecule has 1 aromatic heterocycles. The molecule has 0 bridgehead atoms. The van der Waals surface area contributed by atoms with Crippen LogP contribution in [0.2, 0.25) is 0 Å². The van der Waals surface area contributed by atoms with Gasteiger partial charge in [-0.25, -0.2) is 0 Å². The Morgan fingerprint density at radius 3 is 2.68 bits per heavy atom. The molecule has 2 heterocycles. The van der Waals surface area contributed by atoms with Gasteiger partial charge in [0.2, 0.25) is 0 Å². The second-order valence-corrected chi connectivity index (χ2v) is 7.68. The number of fused-ring (bicyclic) bond motifs is 1. The SMILES string of the molecule is Cc1ccsc1/C=N\N1CC[NH+](Cc2cccc3ccccc23)CC1. The molecule has 3 aromatic rings. The van der Waals surface area contributed by atoms with Crippen LogP contribution in [0.15, 0.2) is 59.0 Å². The van der Waals surface area contributed by atoms with E-state index in [9.17, 15) is 0 Å². The molecular weight excluding hydrogens is 326 g/mol. The van der Waals surface area contributed by atoms with Gasteiger partial charge in [-0.05, 0) is 34.7 Å². The number of nitrogens with zero attached hydrogens (tertiary/aromatic N) is 2. The Bertz CT molecular complexity index is 870. The maximum absolute atomic E-state index is 4.68. The van der Waals surface area contributed by atoms with Gasteiger partial charge in [0, 0.05) is 10.4 Å². The van der Waals surface area contributed by atoms with Crippen molar-refractivity contribution in [1.29, 1.82) is 0 Å². The minimum atomic E-state index is 1.03. The predicted molar refractivity (Wildman–Crippen MR) is 107 cm³/mol. The third-order valence-corrected chi connectivity index (χ3v) is 5.96. The van der Waals surface area contributed by atoms with Crippen molar-refractivity contribution in [2.75, 3.05) is 26.2 Å². The average molecular weight is 351 g/mol. The zero-order valence-corrected chi connectivity index (χ0v) is 15.4. The highest BCUT2D eigenvalue weighted by Crippen LogP contribution is 2.17. The maximum atomic E-state index is 4.68. The highest BCUT2D eigenvalue weighted by molar-refractivity contribution is 7.11. The Balaban J connectivity index is 1.37. The monoisotopic (exact) mass is 350 g/mol. The van der Waals surface area contributed by atoms with Crippen molar-refractivity contribution in [2.45, 2.75) is 13.5 Å². The van der Waals surface area contributed by atoms with Crippen molar-refractivity contribution < 1.29 is 4.90 Å². The summed E-state index contributed by atoms with van der Waals surface area (Å²) in [5.41, 5.74) is 2.77. The molecule has 4 rings (SSSR count). The van der Waals surface area contributed by atoms with E-state index in [0.29, 0.717) is 0 Å². The van der Waals surface area contributed by atoms with Gasteiger partial charge in [0.25, 0.3) is 0 Å². The number of hydrazone groups is 1. The first-order valence-corrected chi connectivity index (χ1v) is 9.81. The predicted octanol–water partition coefficient (Wildman–Crippen LogP) is 2.94. The van der Waals surface area contributed by atoms with Gasteiger partial charge in [0.15, 0.2) is 0 Å². The quantitative estimate of drug-likeness (QED) is 0.717. The van der Waals surface area contributed by atoms with Crippen LogP contribution in [0.4, 0.5) is 0 Å². The zero-order chi connectivity index (χ0) is 17.1. The van der Waals surface area contributed by atoms with E-state index in [0.717, 1.165) is 32.7 Å². The molecule has 2 aromatic carbocycles. The molecule has 0 saturated carbocycles. The Kier molecular flexibility index (Phi) is 4.81. The summed E-state index contributed by atoms with van der Waals surface area (Å²) in [4.78, 5) is 2.92. The first kappa shape index (κ1) is 16.3. The van der Waals surface area contributed by atoms with Crippen molar-refractivity contribution in [3.63, 3.8) is 0 Å². The van der Waals surface area contributed by atoms with E-state index in [-0.39, 0.29) is 0 Å². The van der Waals surface area contributed by atoms with Crippen LogP contribution in [0.3, 0.4) is 0 Å². The van der Waals surface area contributed by atoms with Crippen molar-refractivity contribution in [3.05, 3.63) is 69.9 Å². The second-order valence-electron chi connectivity index (χ2n) is 6.73. The van der Waals surface area contributed by atoms with Crippen LogP contribution in [0.5, 0.6) is 0 Å². The highest BCUT2D eigenvalue weighted by Gasteiger charge is 2.19. The number of hydrogen-bond donors (Lipinski definition) is 1. The average Bonchev–Trinajstić information content (AvgIpc) is 3.06. The summed E-state index contributed by atoms with van der Waals surface area (Å²) >= 11 is 1.76. The fourth-order valence-corrected chi connectivity index (χ4v) is 4.25. The first-order chi connectivity index (χ1) is 12.3. The molecule has 1 fully saturated rings. The van der Waals surface area contributed by atoms with Gasteiger partial charge in [-0.1, -0.05) is 42.5 Å². The number of piperazine rings is 1. The van der Waals surface area contributed by atoms with E-state index in [1.165, 1.54) is 26.8 Å². The summed E-state index contributed by atoms with van der Waals surface area (Å²) in [5.74, 6) is 0. The van der Waals surface area contributed by atoms with Crippen LogP contribution in [-0.2, 0) is 6.54 Å². The van der Waals surface area contributed by atoms with Crippen molar-refractivity contribution in [2.24, 2.45) is 5.10 Å². The Morgan fingerprint density at radius 2 is 1.88 bits per heavy atom. The Morgan fingerprint density at radius 1 is 1.08 bits per heavy atom. The third-order valence-electron chi connectivity index (χ3n) is 5.01. The van der Waals surface area contributed by atoms with Crippen molar-refractivity contribution >= 4 is 28.3 Å². The molecule has 128 valence electrons. The normalized spacial score (nSPS) is 16.1. The molecule has 0 atom stereocenters. The van der Waals surface area contributed by atoms with Crippen LogP contribution >= 0.6 is 11.3 Å². The lowest BCUT2D eigenvalue weighted by Crippen LogP contribution is -3.13. The molecule has 0 aliphatic carbocycles. The lowest BCUT2D eigenvalue weighted by Gasteiger charge is -2.30. The fourth-order valence-electron chi connectivity index (χ4n) is 3.47. The molecule has 0 amide bonds. The van der Waals surface area contributed by atoms with Crippen molar-refractivity contribution in [3.8, 4) is 0 Å². The van der Waals surface area contributed by atoms with Crippen LogP contribution in [0, 0.1) is 6.92 Å². The van der Waals surface area contributed by atoms with Crippen LogP contribution in [0.25, 0.3) is 10.8 Å². The van der Waals surface area contributed by atoms with E-state index in [1.54, 1.807) is 16.2 Å². The van der Waals surface area contributed by atoms with E-state index >= 15 is 0 Å². The molecule has 0 spiro atoms. The lowest BCUT2D eigenvalue weighted by atomic mass is 10.0. The number of quaternary nitrogens is 1. The summed E-state index contributed by atoms with van der Waals surface area (Å²) in [5, 5.41) is 11.8. The molecule has 25 heavy (non-hydrogen) atoms. The zero-order valence-electron chi connectivity index (χ0n) is 14.6. The van der Waals surface area contributed by atoms with Crippen LogP contribution in [-0.4, -0.2) is 37.4 Å². The third kappa shape index (κ3) is 3.75. The van der Waals surface area contributed by atoms with Gasteiger partial charge in [0.05, 0.1) is 32.4 Å². The van der Waals surface area contributed by atoms with Gasteiger partial charge >= 0.3 is 0 Å². The van der Waals surface area contributed by atoms with Crippen LogP contribution < -0.4 is 4.90 Å². The lowest BCUT2D eigenvalue weighted by molar-refractivity contribution is -0.918. The number of aryl methyl sites for hydroxylation is 1. The molecule has 3 nitrogen and oxygen atoms in total. The van der Waals surface area contributed by atoms with E-state index in [1.807, 2.05) is 6.21 Å².